The van der Waals surface area contributed by atoms with Crippen molar-refractivity contribution in [3.63, 3.8) is 0 Å². The molecule has 1 saturated heterocycles. The molecular weight excluding hydrogens is 250 g/mol. The van der Waals surface area contributed by atoms with Crippen LogP contribution in [0, 0.1) is 6.92 Å². The van der Waals surface area contributed by atoms with Crippen LogP contribution in [0.4, 0.5) is 0 Å². The van der Waals surface area contributed by atoms with Crippen molar-refractivity contribution < 1.29 is 9.47 Å². The van der Waals surface area contributed by atoms with Crippen molar-refractivity contribution in [1.29, 1.82) is 0 Å². The van der Waals surface area contributed by atoms with Crippen molar-refractivity contribution in [3.8, 4) is 5.75 Å². The van der Waals surface area contributed by atoms with Gasteiger partial charge in [0.1, 0.15) is 12.4 Å². The lowest BCUT2D eigenvalue weighted by Crippen LogP contribution is -2.38. The number of benzene rings is 1. The minimum Gasteiger partial charge on any atom is -0.492 e. The number of hydrogen-bond donors (Lipinski definition) is 0. The molecule has 1 aromatic carbocycles. The number of ether oxygens (including phenoxy) is 2. The minimum atomic E-state index is 0.386. The van der Waals surface area contributed by atoms with Crippen LogP contribution < -0.4 is 4.74 Å². The molecule has 0 bridgehead atoms. The van der Waals surface area contributed by atoms with Gasteiger partial charge in [0.05, 0.1) is 13.2 Å². The van der Waals surface area contributed by atoms with Crippen LogP contribution in [0.2, 0.25) is 0 Å². The van der Waals surface area contributed by atoms with E-state index in [-0.39, 0.29) is 0 Å². The van der Waals surface area contributed by atoms with E-state index in [2.05, 4.69) is 43.5 Å². The van der Waals surface area contributed by atoms with E-state index < -0.39 is 0 Å². The molecule has 0 saturated carbocycles. The van der Waals surface area contributed by atoms with Gasteiger partial charge < -0.3 is 9.47 Å². The molecule has 1 heterocycles. The summed E-state index contributed by atoms with van der Waals surface area (Å²) in [5, 5.41) is 0. The predicted octanol–water partition coefficient (Wildman–Crippen LogP) is 3.00. The molecule has 1 aromatic rings. The van der Waals surface area contributed by atoms with Crippen LogP contribution in [-0.4, -0.2) is 44.4 Å². The minimum absolute atomic E-state index is 0.386. The van der Waals surface area contributed by atoms with E-state index in [0.717, 1.165) is 45.2 Å². The van der Waals surface area contributed by atoms with Gasteiger partial charge >= 0.3 is 0 Å². The molecule has 1 unspecified atom stereocenters. The third-order valence-corrected chi connectivity index (χ3v) is 3.87. The van der Waals surface area contributed by atoms with E-state index in [9.17, 15) is 0 Å². The second-order valence-corrected chi connectivity index (χ2v) is 5.35. The van der Waals surface area contributed by atoms with Crippen LogP contribution in [-0.2, 0) is 4.74 Å². The van der Waals surface area contributed by atoms with Gasteiger partial charge in [0.2, 0.25) is 0 Å². The maximum Gasteiger partial charge on any atom is 0.119 e. The molecule has 0 spiro atoms. The van der Waals surface area contributed by atoms with E-state index in [4.69, 9.17) is 9.47 Å². The van der Waals surface area contributed by atoms with Crippen LogP contribution in [0.25, 0.3) is 0 Å². The zero-order chi connectivity index (χ0) is 14.4. The van der Waals surface area contributed by atoms with Crippen LogP contribution in [0.15, 0.2) is 30.9 Å². The van der Waals surface area contributed by atoms with Gasteiger partial charge in [-0.1, -0.05) is 19.1 Å². The van der Waals surface area contributed by atoms with Crippen molar-refractivity contribution in [2.45, 2.75) is 19.8 Å². The monoisotopic (exact) mass is 275 g/mol. The van der Waals surface area contributed by atoms with Gasteiger partial charge in [0, 0.05) is 19.6 Å². The second kappa shape index (κ2) is 7.46. The molecule has 2 rings (SSSR count). The molecule has 0 amide bonds. The van der Waals surface area contributed by atoms with Gasteiger partial charge in [-0.05, 0) is 36.1 Å². The Morgan fingerprint density at radius 1 is 1.40 bits per heavy atom. The van der Waals surface area contributed by atoms with Crippen LogP contribution >= 0.6 is 0 Å². The highest BCUT2D eigenvalue weighted by Crippen LogP contribution is 2.24. The Morgan fingerprint density at radius 3 is 2.80 bits per heavy atom. The van der Waals surface area contributed by atoms with Crippen molar-refractivity contribution in [1.82, 2.24) is 4.90 Å². The quantitative estimate of drug-likeness (QED) is 0.745. The van der Waals surface area contributed by atoms with Crippen LogP contribution in [0.1, 0.15) is 24.0 Å². The number of aryl methyl sites for hydroxylation is 1. The number of nitrogens with zero attached hydrogens (tertiary/aromatic N) is 1. The molecule has 0 aliphatic carbocycles. The molecule has 3 nitrogen and oxygen atoms in total. The Hall–Kier alpha value is -1.32. The average molecular weight is 275 g/mol. The van der Waals surface area contributed by atoms with Crippen molar-refractivity contribution >= 4 is 0 Å². The topological polar surface area (TPSA) is 21.7 Å². The van der Waals surface area contributed by atoms with Gasteiger partial charge in [-0.25, -0.2) is 0 Å². The van der Waals surface area contributed by atoms with E-state index in [1.807, 2.05) is 6.08 Å². The Bertz CT molecular complexity index is 439. The van der Waals surface area contributed by atoms with Gasteiger partial charge in [0.25, 0.3) is 0 Å². The molecule has 1 aliphatic heterocycles. The molecule has 3 heteroatoms. The smallest absolute Gasteiger partial charge is 0.119 e. The van der Waals surface area contributed by atoms with Crippen molar-refractivity contribution in [2.24, 2.45) is 0 Å². The zero-order valence-electron chi connectivity index (χ0n) is 12.6. The third-order valence-electron chi connectivity index (χ3n) is 3.87. The molecule has 0 N–H and O–H groups in total. The van der Waals surface area contributed by atoms with Crippen molar-refractivity contribution in [2.75, 3.05) is 39.5 Å². The summed E-state index contributed by atoms with van der Waals surface area (Å²) in [6.45, 7) is 13.5. The molecular formula is C17H25NO2. The summed E-state index contributed by atoms with van der Waals surface area (Å²) in [6, 6.07) is 6.32. The lowest BCUT2D eigenvalue weighted by atomic mass is 9.96. The number of rotatable bonds is 6. The summed E-state index contributed by atoms with van der Waals surface area (Å²) in [6.07, 6.45) is 1.97. The van der Waals surface area contributed by atoms with Crippen LogP contribution in [0.5, 0.6) is 5.75 Å². The predicted molar refractivity (Wildman–Crippen MR) is 82.5 cm³/mol. The maximum atomic E-state index is 5.85. The summed E-state index contributed by atoms with van der Waals surface area (Å²) in [5.74, 6) is 1.34. The van der Waals surface area contributed by atoms with Gasteiger partial charge in [-0.3, -0.25) is 4.90 Å². The van der Waals surface area contributed by atoms with Crippen LogP contribution in [0.3, 0.4) is 0 Å². The maximum absolute atomic E-state index is 5.85. The zero-order valence-corrected chi connectivity index (χ0v) is 12.6. The largest absolute Gasteiger partial charge is 0.492 e. The van der Waals surface area contributed by atoms with E-state index in [0.29, 0.717) is 5.92 Å². The standard InChI is InChI=1S/C17H25NO2/c1-4-14(2)17-6-5-16(13-15(17)3)20-12-9-18-7-10-19-11-8-18/h4-6,13-14H,1,7-12H2,2-3H3. The van der Waals surface area contributed by atoms with Gasteiger partial charge in [0.15, 0.2) is 0 Å². The fraction of sp³-hybridized carbons (Fsp3) is 0.529. The summed E-state index contributed by atoms with van der Waals surface area (Å²) >= 11 is 0. The first-order valence-corrected chi connectivity index (χ1v) is 7.36. The van der Waals surface area contributed by atoms with Gasteiger partial charge in [-0.2, -0.15) is 0 Å². The Morgan fingerprint density at radius 2 is 2.15 bits per heavy atom. The summed E-state index contributed by atoms with van der Waals surface area (Å²) in [4.78, 5) is 2.38. The summed E-state index contributed by atoms with van der Waals surface area (Å²) < 4.78 is 11.2. The summed E-state index contributed by atoms with van der Waals surface area (Å²) in [5.41, 5.74) is 2.59. The SMILES string of the molecule is C=CC(C)c1ccc(OCCN2CCOCC2)cc1C. The van der Waals surface area contributed by atoms with E-state index >= 15 is 0 Å². The molecule has 110 valence electrons. The Balaban J connectivity index is 1.83. The Labute approximate surface area is 122 Å². The first-order valence-electron chi connectivity index (χ1n) is 7.36. The highest BCUT2D eigenvalue weighted by Gasteiger charge is 2.10. The Kier molecular flexibility index (Phi) is 5.62. The van der Waals surface area contributed by atoms with Crippen molar-refractivity contribution in [3.05, 3.63) is 42.0 Å². The average Bonchev–Trinajstić information content (AvgIpc) is 2.48. The molecule has 1 atom stereocenters. The molecule has 0 aromatic heterocycles. The van der Waals surface area contributed by atoms with Gasteiger partial charge in [-0.15, -0.1) is 6.58 Å². The second-order valence-electron chi connectivity index (χ2n) is 5.35. The molecule has 20 heavy (non-hydrogen) atoms. The number of allylic oxidation sites excluding steroid dienone is 1. The van der Waals surface area contributed by atoms with E-state index in [1.54, 1.807) is 0 Å². The third kappa shape index (κ3) is 4.09. The fourth-order valence-electron chi connectivity index (χ4n) is 2.49. The highest BCUT2D eigenvalue weighted by molar-refractivity contribution is 5.38. The lowest BCUT2D eigenvalue weighted by Gasteiger charge is -2.26. The van der Waals surface area contributed by atoms with E-state index in [1.165, 1.54) is 11.1 Å². The normalized spacial score (nSPS) is 17.7. The fourth-order valence-corrected chi connectivity index (χ4v) is 2.49. The number of hydrogen-bond acceptors (Lipinski definition) is 3. The first-order chi connectivity index (χ1) is 9.70. The molecule has 1 aliphatic rings. The lowest BCUT2D eigenvalue weighted by molar-refractivity contribution is 0.0322. The molecule has 1 fully saturated rings. The first kappa shape index (κ1) is 15.1. The summed E-state index contributed by atoms with van der Waals surface area (Å²) in [7, 11) is 0. The molecule has 0 radical (unpaired) electrons. The number of morpholine rings is 1. The highest BCUT2D eigenvalue weighted by atomic mass is 16.5.